The zero-order valence-electron chi connectivity index (χ0n) is 16.7. The lowest BCUT2D eigenvalue weighted by atomic mass is 9.99. The molecule has 154 valence electrons. The van der Waals surface area contributed by atoms with Gasteiger partial charge in [-0.1, -0.05) is 13.8 Å². The van der Waals surface area contributed by atoms with Gasteiger partial charge in [0.1, 0.15) is 24.1 Å². The number of anilines is 3. The van der Waals surface area contributed by atoms with E-state index in [2.05, 4.69) is 9.97 Å². The highest BCUT2D eigenvalue weighted by Gasteiger charge is 2.34. The molecule has 6 nitrogen and oxygen atoms in total. The third-order valence-electron chi connectivity index (χ3n) is 5.13. The summed E-state index contributed by atoms with van der Waals surface area (Å²) in [4.78, 5) is 34.9. The Bertz CT molecular complexity index is 1210. The third kappa shape index (κ3) is 3.34. The van der Waals surface area contributed by atoms with E-state index in [9.17, 15) is 18.4 Å². The van der Waals surface area contributed by atoms with E-state index in [0.717, 1.165) is 17.8 Å². The smallest absolute Gasteiger partial charge is 0.263 e. The Balaban J connectivity index is 1.92. The number of nitrogens with one attached hydrogen (secondary N) is 1. The Morgan fingerprint density at radius 3 is 2.43 bits per heavy atom. The van der Waals surface area contributed by atoms with E-state index in [1.54, 1.807) is 24.0 Å². The molecule has 8 heteroatoms. The molecule has 30 heavy (non-hydrogen) atoms. The highest BCUT2D eigenvalue weighted by Crippen LogP contribution is 2.38. The van der Waals surface area contributed by atoms with Gasteiger partial charge in [-0.05, 0) is 48.7 Å². The van der Waals surface area contributed by atoms with Crippen LogP contribution < -0.4 is 15.4 Å². The van der Waals surface area contributed by atoms with Crippen LogP contribution >= 0.6 is 0 Å². The number of pyridine rings is 2. The molecular formula is C22H20F2N4O2. The topological polar surface area (TPSA) is 69.3 Å². The predicted octanol–water partition coefficient (Wildman–Crippen LogP) is 4.24. The maximum atomic E-state index is 14.0. The number of rotatable bonds is 3. The first-order valence-corrected chi connectivity index (χ1v) is 9.50. The van der Waals surface area contributed by atoms with Gasteiger partial charge in [0.15, 0.2) is 0 Å². The number of aromatic amines is 1. The first-order valence-electron chi connectivity index (χ1n) is 9.50. The summed E-state index contributed by atoms with van der Waals surface area (Å²) in [5, 5.41) is 0. The number of aromatic nitrogens is 2. The fourth-order valence-corrected chi connectivity index (χ4v) is 3.69. The molecule has 0 atom stereocenters. The number of hydrogen-bond donors (Lipinski definition) is 1. The minimum atomic E-state index is -0.634. The van der Waals surface area contributed by atoms with Crippen LogP contribution in [0.3, 0.4) is 0 Å². The molecular weight excluding hydrogens is 390 g/mol. The monoisotopic (exact) mass is 410 g/mol. The van der Waals surface area contributed by atoms with E-state index >= 15 is 0 Å². The van der Waals surface area contributed by atoms with Crippen molar-refractivity contribution < 1.29 is 13.6 Å². The van der Waals surface area contributed by atoms with Crippen LogP contribution in [-0.2, 0) is 0 Å². The van der Waals surface area contributed by atoms with Crippen molar-refractivity contribution in [3.63, 3.8) is 0 Å². The van der Waals surface area contributed by atoms with Crippen molar-refractivity contribution in [2.75, 3.05) is 16.5 Å². The van der Waals surface area contributed by atoms with Gasteiger partial charge >= 0.3 is 0 Å². The van der Waals surface area contributed by atoms with E-state index in [1.807, 2.05) is 13.8 Å². The molecule has 0 aliphatic carbocycles. The highest BCUT2D eigenvalue weighted by atomic mass is 19.1. The SMILES string of the molecule is Cc1[nH]c(=O)ccc1N1CN(c2ccc(F)cc2C(C)C)c2ncc(F)cc2C1=O. The lowest BCUT2D eigenvalue weighted by Crippen LogP contribution is -2.46. The lowest BCUT2D eigenvalue weighted by molar-refractivity contribution is 0.0982. The molecule has 0 saturated carbocycles. The average molecular weight is 410 g/mol. The minimum Gasteiger partial charge on any atom is -0.324 e. The van der Waals surface area contributed by atoms with Crippen molar-refractivity contribution in [2.45, 2.75) is 26.7 Å². The Labute approximate surface area is 171 Å². The van der Waals surface area contributed by atoms with Crippen LogP contribution in [0.4, 0.5) is 26.0 Å². The number of fused-ring (bicyclic) bond motifs is 1. The van der Waals surface area contributed by atoms with Crippen molar-refractivity contribution in [3.05, 3.63) is 81.4 Å². The van der Waals surface area contributed by atoms with Gasteiger partial charge < -0.3 is 9.88 Å². The Morgan fingerprint density at radius 1 is 1.00 bits per heavy atom. The van der Waals surface area contributed by atoms with Crippen molar-refractivity contribution in [3.8, 4) is 0 Å². The molecule has 1 aromatic carbocycles. The molecule has 1 N–H and O–H groups in total. The second-order valence-electron chi connectivity index (χ2n) is 7.52. The summed E-state index contributed by atoms with van der Waals surface area (Å²) < 4.78 is 27.9. The summed E-state index contributed by atoms with van der Waals surface area (Å²) in [6, 6.07) is 8.45. The predicted molar refractivity (Wildman–Crippen MR) is 110 cm³/mol. The summed E-state index contributed by atoms with van der Waals surface area (Å²) in [5.74, 6) is -1.13. The van der Waals surface area contributed by atoms with E-state index in [1.165, 1.54) is 23.1 Å². The number of carbonyl (C=O) groups is 1. The van der Waals surface area contributed by atoms with Crippen molar-refractivity contribution in [2.24, 2.45) is 0 Å². The van der Waals surface area contributed by atoms with Gasteiger partial charge in [0.05, 0.1) is 17.4 Å². The van der Waals surface area contributed by atoms with Gasteiger partial charge in [0.2, 0.25) is 5.56 Å². The van der Waals surface area contributed by atoms with Crippen molar-refractivity contribution in [1.82, 2.24) is 9.97 Å². The number of amides is 1. The summed E-state index contributed by atoms with van der Waals surface area (Å²) in [6.45, 7) is 5.64. The number of hydrogen-bond acceptors (Lipinski definition) is 4. The largest absolute Gasteiger partial charge is 0.324 e. The molecule has 0 radical (unpaired) electrons. The molecule has 0 saturated heterocycles. The number of aryl methyl sites for hydroxylation is 1. The average Bonchev–Trinajstić information content (AvgIpc) is 2.69. The maximum absolute atomic E-state index is 14.0. The number of halogens is 2. The van der Waals surface area contributed by atoms with Crippen molar-refractivity contribution in [1.29, 1.82) is 0 Å². The van der Waals surface area contributed by atoms with Crippen LogP contribution in [0, 0.1) is 18.6 Å². The molecule has 0 unspecified atom stereocenters. The third-order valence-corrected chi connectivity index (χ3v) is 5.13. The fraction of sp³-hybridized carbons (Fsp3) is 0.227. The quantitative estimate of drug-likeness (QED) is 0.701. The van der Waals surface area contributed by atoms with Crippen LogP contribution in [0.5, 0.6) is 0 Å². The zero-order valence-corrected chi connectivity index (χ0v) is 16.7. The van der Waals surface area contributed by atoms with Crippen LogP contribution in [0.25, 0.3) is 0 Å². The van der Waals surface area contributed by atoms with Gasteiger partial charge in [0.25, 0.3) is 5.91 Å². The number of nitrogens with zero attached hydrogens (tertiary/aromatic N) is 3. The van der Waals surface area contributed by atoms with Crippen molar-refractivity contribution >= 4 is 23.1 Å². The van der Waals surface area contributed by atoms with Gasteiger partial charge in [-0.2, -0.15) is 0 Å². The van der Waals surface area contributed by atoms with E-state index < -0.39 is 11.7 Å². The van der Waals surface area contributed by atoms with Crippen LogP contribution in [0.2, 0.25) is 0 Å². The summed E-state index contributed by atoms with van der Waals surface area (Å²) in [5.41, 5.74) is 2.21. The van der Waals surface area contributed by atoms with E-state index in [0.29, 0.717) is 22.9 Å². The first kappa shape index (κ1) is 19.8. The Morgan fingerprint density at radius 2 is 1.73 bits per heavy atom. The number of carbonyl (C=O) groups excluding carboxylic acids is 1. The van der Waals surface area contributed by atoms with Gasteiger partial charge in [-0.3, -0.25) is 14.5 Å². The normalized spacial score (nSPS) is 13.7. The highest BCUT2D eigenvalue weighted by molar-refractivity contribution is 6.12. The molecule has 1 amide bonds. The molecule has 1 aliphatic rings. The zero-order chi connectivity index (χ0) is 21.6. The van der Waals surface area contributed by atoms with E-state index in [-0.39, 0.29) is 29.5 Å². The molecule has 3 heterocycles. The van der Waals surface area contributed by atoms with Gasteiger partial charge in [-0.25, -0.2) is 13.8 Å². The van der Waals surface area contributed by atoms with Crippen LogP contribution in [-0.4, -0.2) is 22.5 Å². The Hall–Kier alpha value is -3.55. The summed E-state index contributed by atoms with van der Waals surface area (Å²) in [7, 11) is 0. The molecule has 3 aromatic rings. The fourth-order valence-electron chi connectivity index (χ4n) is 3.69. The number of benzene rings is 1. The molecule has 4 rings (SSSR count). The molecule has 0 spiro atoms. The maximum Gasteiger partial charge on any atom is 0.263 e. The second-order valence-corrected chi connectivity index (χ2v) is 7.52. The number of H-pyrrole nitrogens is 1. The summed E-state index contributed by atoms with van der Waals surface area (Å²) in [6.07, 6.45) is 1.05. The second kappa shape index (κ2) is 7.37. The van der Waals surface area contributed by atoms with E-state index in [4.69, 9.17) is 0 Å². The standard InChI is InChI=1S/C22H20F2N4O2/c1-12(2)16-8-14(23)4-5-19(16)27-11-28(18-6-7-20(29)26-13(18)3)22(30)17-9-15(24)10-25-21(17)27/h4-10,12H,11H2,1-3H3,(H,26,29). The molecule has 0 fully saturated rings. The summed E-state index contributed by atoms with van der Waals surface area (Å²) >= 11 is 0. The molecule has 1 aliphatic heterocycles. The lowest BCUT2D eigenvalue weighted by Gasteiger charge is -2.38. The van der Waals surface area contributed by atoms with Gasteiger partial charge in [-0.15, -0.1) is 0 Å². The first-order chi connectivity index (χ1) is 14.3. The molecule has 0 bridgehead atoms. The molecule has 2 aromatic heterocycles. The minimum absolute atomic E-state index is 0.000456. The van der Waals surface area contributed by atoms with Gasteiger partial charge in [0, 0.05) is 17.4 Å². The van der Waals surface area contributed by atoms with Crippen LogP contribution in [0.1, 0.15) is 41.4 Å². The Kier molecular flexibility index (Phi) is 4.85. The van der Waals surface area contributed by atoms with Crippen LogP contribution in [0.15, 0.2) is 47.4 Å².